The summed E-state index contributed by atoms with van der Waals surface area (Å²) < 4.78 is 13.7. The molecule has 0 bridgehead atoms. The number of hydrogen-bond donors (Lipinski definition) is 1. The van der Waals surface area contributed by atoms with E-state index in [1.165, 1.54) is 77.3 Å². The molecule has 1 N–H and O–H groups in total. The molecule has 0 amide bonds. The van der Waals surface area contributed by atoms with E-state index < -0.39 is 5.97 Å². The van der Waals surface area contributed by atoms with Crippen molar-refractivity contribution >= 4 is 5.97 Å². The Morgan fingerprint density at radius 3 is 1.91 bits per heavy atom. The van der Waals surface area contributed by atoms with Crippen molar-refractivity contribution in [3.63, 3.8) is 0 Å². The van der Waals surface area contributed by atoms with Gasteiger partial charge in [0.15, 0.2) is 0 Å². The minimum atomic E-state index is -0.700. The number of carboxylic acids is 1. The predicted octanol–water partition coefficient (Wildman–Crippen LogP) is 7.02. The molecule has 0 spiro atoms. The minimum Gasteiger partial charge on any atom is -0.481 e. The fraction of sp³-hybridized carbons (Fsp3) is 0.750. The molecule has 32 heavy (non-hydrogen) atoms. The zero-order valence-electron chi connectivity index (χ0n) is 19.7. The van der Waals surface area contributed by atoms with Gasteiger partial charge in [0.25, 0.3) is 0 Å². The van der Waals surface area contributed by atoms with E-state index in [0.29, 0.717) is 6.04 Å². The van der Waals surface area contributed by atoms with E-state index in [1.54, 1.807) is 12.1 Å². The van der Waals surface area contributed by atoms with E-state index in [2.05, 4.69) is 4.90 Å². The molecule has 3 nitrogen and oxygen atoms in total. The lowest BCUT2D eigenvalue weighted by Gasteiger charge is -2.47. The van der Waals surface area contributed by atoms with Crippen molar-refractivity contribution < 1.29 is 14.3 Å². The van der Waals surface area contributed by atoms with E-state index in [4.69, 9.17) is 0 Å². The number of carboxylic acid groups (broad SMARTS) is 1. The van der Waals surface area contributed by atoms with Crippen LogP contribution in [0, 0.1) is 23.6 Å². The molecule has 0 radical (unpaired) electrons. The lowest BCUT2D eigenvalue weighted by atomic mass is 9.70. The Balaban J connectivity index is 1.60. The van der Waals surface area contributed by atoms with E-state index in [-0.39, 0.29) is 24.1 Å². The van der Waals surface area contributed by atoms with Crippen molar-refractivity contribution in [3.8, 4) is 0 Å². The highest BCUT2D eigenvalue weighted by atomic mass is 19.1. The maximum absolute atomic E-state index is 13.7. The van der Waals surface area contributed by atoms with Crippen LogP contribution in [0.3, 0.4) is 0 Å². The first-order valence-electron chi connectivity index (χ1n) is 13.3. The standard InChI is InChI=1S/C28H42FNO2/c29-25-16-14-23(15-17-25)28-24(18-27(31)32)12-7-13-26(28)30(19-21-8-3-1-4-9-21)20-22-10-5-2-6-11-22/h14-17,21-22,24,26,28H,1-13,18-20H2,(H,31,32). The van der Waals surface area contributed by atoms with Gasteiger partial charge in [0.2, 0.25) is 0 Å². The van der Waals surface area contributed by atoms with E-state index in [0.717, 1.165) is 36.7 Å². The van der Waals surface area contributed by atoms with Crippen molar-refractivity contribution in [1.29, 1.82) is 0 Å². The molecule has 1 aromatic carbocycles. The lowest BCUT2D eigenvalue weighted by Crippen LogP contribution is -2.48. The van der Waals surface area contributed by atoms with Crippen LogP contribution in [0.1, 0.15) is 101 Å². The summed E-state index contributed by atoms with van der Waals surface area (Å²) in [5.41, 5.74) is 1.14. The van der Waals surface area contributed by atoms with E-state index in [9.17, 15) is 14.3 Å². The second-order valence-corrected chi connectivity index (χ2v) is 10.9. The number of rotatable bonds is 8. The van der Waals surface area contributed by atoms with Crippen LogP contribution in [0.25, 0.3) is 0 Å². The Morgan fingerprint density at radius 2 is 1.38 bits per heavy atom. The topological polar surface area (TPSA) is 40.5 Å². The molecule has 3 saturated carbocycles. The van der Waals surface area contributed by atoms with Gasteiger partial charge in [-0.3, -0.25) is 9.69 Å². The van der Waals surface area contributed by atoms with Crippen LogP contribution in [0.2, 0.25) is 0 Å². The number of aliphatic carboxylic acids is 1. The first-order chi connectivity index (χ1) is 15.6. The second-order valence-electron chi connectivity index (χ2n) is 10.9. The van der Waals surface area contributed by atoms with Crippen LogP contribution in [-0.4, -0.2) is 35.1 Å². The third-order valence-electron chi connectivity index (χ3n) is 8.59. The number of nitrogens with zero attached hydrogens (tertiary/aromatic N) is 1. The van der Waals surface area contributed by atoms with Crippen LogP contribution in [0.4, 0.5) is 4.39 Å². The smallest absolute Gasteiger partial charge is 0.303 e. The molecule has 1 aromatic rings. The highest BCUT2D eigenvalue weighted by molar-refractivity contribution is 5.67. The highest BCUT2D eigenvalue weighted by Gasteiger charge is 2.39. The summed E-state index contributed by atoms with van der Waals surface area (Å²) in [7, 11) is 0. The van der Waals surface area contributed by atoms with Crippen molar-refractivity contribution in [2.75, 3.05) is 13.1 Å². The number of halogens is 1. The largest absolute Gasteiger partial charge is 0.481 e. The maximum Gasteiger partial charge on any atom is 0.303 e. The van der Waals surface area contributed by atoms with Crippen LogP contribution >= 0.6 is 0 Å². The molecule has 0 aromatic heterocycles. The summed E-state index contributed by atoms with van der Waals surface area (Å²) in [5, 5.41) is 9.65. The monoisotopic (exact) mass is 443 g/mol. The first kappa shape index (κ1) is 23.7. The predicted molar refractivity (Wildman–Crippen MR) is 127 cm³/mol. The molecule has 3 unspecified atom stereocenters. The van der Waals surface area contributed by atoms with Gasteiger partial charge in [-0.2, -0.15) is 0 Å². The summed E-state index contributed by atoms with van der Waals surface area (Å²) in [6, 6.07) is 7.35. The zero-order valence-corrected chi connectivity index (χ0v) is 19.7. The van der Waals surface area contributed by atoms with Gasteiger partial charge < -0.3 is 5.11 Å². The third-order valence-corrected chi connectivity index (χ3v) is 8.59. The van der Waals surface area contributed by atoms with Crippen molar-refractivity contribution in [3.05, 3.63) is 35.6 Å². The Bertz CT molecular complexity index is 689. The fourth-order valence-corrected chi connectivity index (χ4v) is 7.05. The highest BCUT2D eigenvalue weighted by Crippen LogP contribution is 2.43. The molecule has 3 fully saturated rings. The van der Waals surface area contributed by atoms with Gasteiger partial charge >= 0.3 is 5.97 Å². The number of carbonyl (C=O) groups is 1. The van der Waals surface area contributed by atoms with E-state index in [1.807, 2.05) is 12.1 Å². The average molecular weight is 444 g/mol. The molecule has 0 heterocycles. The molecular weight excluding hydrogens is 401 g/mol. The Morgan fingerprint density at radius 1 is 0.812 bits per heavy atom. The molecule has 0 aliphatic heterocycles. The van der Waals surface area contributed by atoms with Gasteiger partial charge in [-0.25, -0.2) is 4.39 Å². The molecule has 3 atom stereocenters. The van der Waals surface area contributed by atoms with E-state index >= 15 is 0 Å². The van der Waals surface area contributed by atoms with Gasteiger partial charge in [-0.15, -0.1) is 0 Å². The molecule has 4 heteroatoms. The van der Waals surface area contributed by atoms with Gasteiger partial charge in [-0.05, 0) is 74.0 Å². The SMILES string of the molecule is O=C(O)CC1CCCC(N(CC2CCCCC2)CC2CCCCC2)C1c1ccc(F)cc1. The normalized spacial score (nSPS) is 28.1. The van der Waals surface area contributed by atoms with Gasteiger partial charge in [0, 0.05) is 31.5 Å². The average Bonchev–Trinajstić information content (AvgIpc) is 2.80. The van der Waals surface area contributed by atoms with Crippen molar-refractivity contribution in [2.45, 2.75) is 102 Å². The summed E-state index contributed by atoms with van der Waals surface area (Å²) >= 11 is 0. The van der Waals surface area contributed by atoms with Gasteiger partial charge in [0.1, 0.15) is 5.82 Å². The zero-order chi connectivity index (χ0) is 22.3. The fourth-order valence-electron chi connectivity index (χ4n) is 7.05. The van der Waals surface area contributed by atoms with Crippen molar-refractivity contribution in [2.24, 2.45) is 17.8 Å². The Labute approximate surface area is 193 Å². The molecular formula is C28H42FNO2. The van der Waals surface area contributed by atoms with Gasteiger partial charge in [-0.1, -0.05) is 57.1 Å². The summed E-state index contributed by atoms with van der Waals surface area (Å²) in [6.45, 7) is 2.33. The summed E-state index contributed by atoms with van der Waals surface area (Å²) in [5.74, 6) is 0.970. The Kier molecular flexibility index (Phi) is 8.62. The number of benzene rings is 1. The molecule has 0 saturated heterocycles. The Hall–Kier alpha value is -1.42. The maximum atomic E-state index is 13.7. The second kappa shape index (κ2) is 11.6. The van der Waals surface area contributed by atoms with Crippen LogP contribution < -0.4 is 0 Å². The summed E-state index contributed by atoms with van der Waals surface area (Å²) in [6.07, 6.45) is 17.0. The van der Waals surface area contributed by atoms with Crippen LogP contribution in [-0.2, 0) is 4.79 Å². The lowest BCUT2D eigenvalue weighted by molar-refractivity contribution is -0.138. The molecule has 4 rings (SSSR count). The quantitative estimate of drug-likeness (QED) is 0.469. The third kappa shape index (κ3) is 6.34. The minimum absolute atomic E-state index is 0.136. The van der Waals surface area contributed by atoms with Crippen LogP contribution in [0.15, 0.2) is 24.3 Å². The van der Waals surface area contributed by atoms with Crippen LogP contribution in [0.5, 0.6) is 0 Å². The molecule has 178 valence electrons. The molecule has 3 aliphatic carbocycles. The first-order valence-corrected chi connectivity index (χ1v) is 13.3. The van der Waals surface area contributed by atoms with Crippen molar-refractivity contribution in [1.82, 2.24) is 4.90 Å². The number of hydrogen-bond acceptors (Lipinski definition) is 2. The van der Waals surface area contributed by atoms with Gasteiger partial charge in [0.05, 0.1) is 0 Å². The summed E-state index contributed by atoms with van der Waals surface area (Å²) in [4.78, 5) is 14.5. The molecule has 3 aliphatic rings.